The molecule has 1 unspecified atom stereocenters. The standard InChI is InChI=1S/C18H20O5P/c1-21-14-11-15(22-2)17(16(12-14)23-3)18(19)24(20)10-9-13-7-5-4-6-8-13/h4-8,11-12H,9-10H2,1-3H3/q+1. The Morgan fingerprint density at radius 2 is 1.54 bits per heavy atom. The van der Waals surface area contributed by atoms with E-state index in [0.29, 0.717) is 23.7 Å². The summed E-state index contributed by atoms with van der Waals surface area (Å²) in [6.07, 6.45) is 0.846. The van der Waals surface area contributed by atoms with Gasteiger partial charge >= 0.3 is 13.3 Å². The first-order valence-corrected chi connectivity index (χ1v) is 8.88. The summed E-state index contributed by atoms with van der Waals surface area (Å²) < 4.78 is 28.1. The summed E-state index contributed by atoms with van der Waals surface area (Å²) in [7, 11) is 2.31. The molecular formula is C18H20O5P+. The Labute approximate surface area is 142 Å². The lowest BCUT2D eigenvalue weighted by molar-refractivity contribution is 0.107. The highest BCUT2D eigenvalue weighted by Crippen LogP contribution is 2.40. The van der Waals surface area contributed by atoms with Crippen LogP contribution in [-0.2, 0) is 11.0 Å². The van der Waals surface area contributed by atoms with Crippen molar-refractivity contribution in [1.82, 2.24) is 0 Å². The van der Waals surface area contributed by atoms with Gasteiger partial charge in [-0.25, -0.2) is 4.79 Å². The van der Waals surface area contributed by atoms with Crippen LogP contribution in [0.15, 0.2) is 42.5 Å². The number of carbonyl (C=O) groups excluding carboxylic acids is 1. The number of hydrogen-bond acceptors (Lipinski definition) is 5. The Bertz CT molecular complexity index is 702. The Kier molecular flexibility index (Phi) is 6.33. The Balaban J connectivity index is 2.23. The fraction of sp³-hybridized carbons (Fsp3) is 0.278. The fourth-order valence-electron chi connectivity index (χ4n) is 2.32. The van der Waals surface area contributed by atoms with Crippen molar-refractivity contribution in [2.24, 2.45) is 0 Å². The molecule has 0 saturated heterocycles. The summed E-state index contributed by atoms with van der Waals surface area (Å²) in [5.41, 5.74) is 0.759. The predicted molar refractivity (Wildman–Crippen MR) is 93.0 cm³/mol. The second kappa shape index (κ2) is 8.46. The molecule has 1 atom stereocenters. The van der Waals surface area contributed by atoms with Gasteiger partial charge in [-0.15, -0.1) is 0 Å². The van der Waals surface area contributed by atoms with Gasteiger partial charge in [-0.2, -0.15) is 0 Å². The quantitative estimate of drug-likeness (QED) is 0.677. The Morgan fingerprint density at radius 3 is 2.04 bits per heavy atom. The Hall–Kier alpha value is -2.39. The van der Waals surface area contributed by atoms with Gasteiger partial charge in [0.25, 0.3) is 0 Å². The van der Waals surface area contributed by atoms with Crippen molar-refractivity contribution in [1.29, 1.82) is 0 Å². The molecule has 0 bridgehead atoms. The van der Waals surface area contributed by atoms with Crippen LogP contribution in [0.1, 0.15) is 15.9 Å². The lowest BCUT2D eigenvalue weighted by Gasteiger charge is -2.11. The van der Waals surface area contributed by atoms with Crippen molar-refractivity contribution in [2.45, 2.75) is 6.42 Å². The van der Waals surface area contributed by atoms with Gasteiger partial charge in [0.05, 0.1) is 21.3 Å². The number of carbonyl (C=O) groups is 1. The van der Waals surface area contributed by atoms with E-state index in [1.165, 1.54) is 21.3 Å². The van der Waals surface area contributed by atoms with Crippen LogP contribution in [0.4, 0.5) is 0 Å². The minimum absolute atomic E-state index is 0.190. The van der Waals surface area contributed by atoms with Crippen LogP contribution in [-0.4, -0.2) is 33.0 Å². The van der Waals surface area contributed by atoms with Gasteiger partial charge in [0.2, 0.25) is 0 Å². The number of methoxy groups -OCH3 is 3. The summed E-state index contributed by atoms with van der Waals surface area (Å²) in [6, 6.07) is 12.8. The van der Waals surface area contributed by atoms with Gasteiger partial charge in [-0.05, 0) is 5.56 Å². The van der Waals surface area contributed by atoms with Crippen LogP contribution >= 0.6 is 7.80 Å². The molecule has 2 rings (SSSR count). The van der Waals surface area contributed by atoms with E-state index in [-0.39, 0.29) is 11.7 Å². The highest BCUT2D eigenvalue weighted by atomic mass is 31.1. The number of ether oxygens (including phenoxy) is 3. The average Bonchev–Trinajstić information content (AvgIpc) is 2.64. The number of hydrogen-bond donors (Lipinski definition) is 0. The second-order valence-electron chi connectivity index (χ2n) is 5.05. The van der Waals surface area contributed by atoms with Crippen LogP contribution in [0.5, 0.6) is 17.2 Å². The first-order chi connectivity index (χ1) is 11.6. The SMILES string of the molecule is COc1cc(OC)c(C(=O)[P+](=O)CCc2ccccc2)c(OC)c1. The highest BCUT2D eigenvalue weighted by molar-refractivity contribution is 7.64. The van der Waals surface area contributed by atoms with Crippen molar-refractivity contribution in [3.8, 4) is 17.2 Å². The third kappa shape index (κ3) is 4.12. The van der Waals surface area contributed by atoms with Gasteiger partial charge in [0, 0.05) is 18.6 Å². The van der Waals surface area contributed by atoms with Crippen molar-refractivity contribution in [2.75, 3.05) is 27.5 Å². The van der Waals surface area contributed by atoms with E-state index in [0.717, 1.165) is 5.56 Å². The molecule has 0 heterocycles. The zero-order valence-corrected chi connectivity index (χ0v) is 14.8. The minimum Gasteiger partial charge on any atom is -0.496 e. The summed E-state index contributed by atoms with van der Waals surface area (Å²) in [5.74, 6) is 1.08. The van der Waals surface area contributed by atoms with Gasteiger partial charge in [0.15, 0.2) is 11.7 Å². The van der Waals surface area contributed by atoms with E-state index in [1.807, 2.05) is 30.3 Å². The van der Waals surface area contributed by atoms with E-state index in [2.05, 4.69) is 0 Å². The normalized spacial score (nSPS) is 10.9. The molecule has 0 aromatic heterocycles. The maximum atomic E-state index is 12.6. The minimum atomic E-state index is -2.09. The zero-order valence-electron chi connectivity index (χ0n) is 13.9. The summed E-state index contributed by atoms with van der Waals surface area (Å²) in [4.78, 5) is 12.6. The summed E-state index contributed by atoms with van der Waals surface area (Å²) >= 11 is 0. The third-order valence-electron chi connectivity index (χ3n) is 3.60. The molecule has 0 amide bonds. The second-order valence-corrected chi connectivity index (χ2v) is 6.66. The van der Waals surface area contributed by atoms with Gasteiger partial charge in [-0.3, -0.25) is 0 Å². The van der Waals surface area contributed by atoms with Crippen molar-refractivity contribution in [3.63, 3.8) is 0 Å². The first-order valence-electron chi connectivity index (χ1n) is 7.43. The molecular weight excluding hydrogens is 327 g/mol. The average molecular weight is 347 g/mol. The van der Waals surface area contributed by atoms with E-state index < -0.39 is 13.3 Å². The molecule has 0 radical (unpaired) electrons. The summed E-state index contributed by atoms with van der Waals surface area (Å²) in [6.45, 7) is 0. The zero-order chi connectivity index (χ0) is 17.5. The van der Waals surface area contributed by atoms with Crippen molar-refractivity contribution >= 4 is 13.3 Å². The monoisotopic (exact) mass is 347 g/mol. The molecule has 2 aromatic rings. The lowest BCUT2D eigenvalue weighted by atomic mass is 10.2. The molecule has 0 fully saturated rings. The predicted octanol–water partition coefficient (Wildman–Crippen LogP) is 3.92. The Morgan fingerprint density at radius 1 is 0.958 bits per heavy atom. The smallest absolute Gasteiger partial charge is 0.420 e. The van der Waals surface area contributed by atoms with Crippen molar-refractivity contribution < 1.29 is 23.6 Å². The molecule has 0 aliphatic carbocycles. The molecule has 0 spiro atoms. The number of benzene rings is 2. The highest BCUT2D eigenvalue weighted by Gasteiger charge is 2.35. The van der Waals surface area contributed by atoms with Crippen LogP contribution in [0, 0.1) is 0 Å². The maximum absolute atomic E-state index is 12.6. The van der Waals surface area contributed by atoms with E-state index in [1.54, 1.807) is 12.1 Å². The van der Waals surface area contributed by atoms with E-state index in [4.69, 9.17) is 14.2 Å². The molecule has 0 N–H and O–H groups in total. The first kappa shape index (κ1) is 18.0. The van der Waals surface area contributed by atoms with Crippen LogP contribution < -0.4 is 14.2 Å². The molecule has 6 heteroatoms. The lowest BCUT2D eigenvalue weighted by Crippen LogP contribution is -2.04. The van der Waals surface area contributed by atoms with E-state index in [9.17, 15) is 9.36 Å². The van der Waals surface area contributed by atoms with E-state index >= 15 is 0 Å². The van der Waals surface area contributed by atoms with Crippen LogP contribution in [0.25, 0.3) is 0 Å². The van der Waals surface area contributed by atoms with Gasteiger partial charge < -0.3 is 14.2 Å². The van der Waals surface area contributed by atoms with Crippen molar-refractivity contribution in [3.05, 3.63) is 53.6 Å². The largest absolute Gasteiger partial charge is 0.496 e. The fourth-order valence-corrected chi connectivity index (χ4v) is 3.45. The maximum Gasteiger partial charge on any atom is 0.420 e. The molecule has 0 saturated carbocycles. The molecule has 0 aliphatic heterocycles. The number of aryl methyl sites for hydroxylation is 1. The molecule has 126 valence electrons. The van der Waals surface area contributed by atoms with Gasteiger partial charge in [0.1, 0.15) is 17.2 Å². The van der Waals surface area contributed by atoms with Crippen LogP contribution in [0.3, 0.4) is 0 Å². The third-order valence-corrected chi connectivity index (χ3v) is 4.91. The summed E-state index contributed by atoms with van der Waals surface area (Å²) in [5, 5.41) is 0. The molecule has 2 aromatic carbocycles. The van der Waals surface area contributed by atoms with Crippen LogP contribution in [0.2, 0.25) is 0 Å². The topological polar surface area (TPSA) is 61.8 Å². The molecule has 24 heavy (non-hydrogen) atoms. The molecule has 0 aliphatic rings. The molecule has 5 nitrogen and oxygen atoms in total. The number of rotatable bonds is 8. The van der Waals surface area contributed by atoms with Gasteiger partial charge in [-0.1, -0.05) is 34.9 Å².